The standard InChI is InChI=1S/C39H47FN6O8S/c1-24(47)41-27-12-9-13-28(18-27)42-32-15-7-5-3-4-6-11-26-20-39(26,36(50)44-55(52,53)38(2)16-17-38)43-34(48)33-19-29(22-46(33)35(32)49)54-37(51)45-21-25-10-8-14-31(40)30(25)23-45/h6,8-14,18,26,29,32-33,42H,3-5,7,15-17,19-23H2,1-2H3,(H,41,47)(H,43,48)(H,44,50)/b11-6-/t26-,29-,32+,33+,39-/m1/s1. The van der Waals surface area contributed by atoms with Crippen molar-refractivity contribution >= 4 is 51.1 Å². The Hall–Kier alpha value is -4.99. The van der Waals surface area contributed by atoms with E-state index in [1.807, 2.05) is 12.2 Å². The fourth-order valence-electron chi connectivity index (χ4n) is 7.76. The topological polar surface area (TPSA) is 183 Å². The van der Waals surface area contributed by atoms with Gasteiger partial charge < -0.3 is 25.6 Å². The summed E-state index contributed by atoms with van der Waals surface area (Å²) in [5.41, 5.74) is 0.609. The average Bonchev–Trinajstić information content (AvgIpc) is 3.92. The molecular formula is C39H47FN6O8S. The second-order valence-electron chi connectivity index (χ2n) is 15.7. The number of hydrogen-bond acceptors (Lipinski definition) is 9. The highest BCUT2D eigenvalue weighted by molar-refractivity contribution is 7.91. The smallest absolute Gasteiger partial charge is 0.410 e. The number of ether oxygens (including phenoxy) is 1. The van der Waals surface area contributed by atoms with Gasteiger partial charge in [-0.25, -0.2) is 17.6 Å². The number of rotatable bonds is 7. The first-order valence-electron chi connectivity index (χ1n) is 18.9. The van der Waals surface area contributed by atoms with Crippen LogP contribution in [0.1, 0.15) is 82.8 Å². The van der Waals surface area contributed by atoms with E-state index in [-0.39, 0.29) is 38.4 Å². The zero-order chi connectivity index (χ0) is 39.1. The zero-order valence-corrected chi connectivity index (χ0v) is 31.8. The Bertz CT molecular complexity index is 2040. The molecule has 294 valence electrons. The molecule has 5 amide bonds. The molecule has 7 rings (SSSR count). The molecule has 0 aromatic heterocycles. The summed E-state index contributed by atoms with van der Waals surface area (Å²) in [6.07, 6.45) is 6.43. The first kappa shape index (κ1) is 38.3. The molecule has 2 saturated carbocycles. The average molecular weight is 779 g/mol. The summed E-state index contributed by atoms with van der Waals surface area (Å²) in [4.78, 5) is 70.7. The van der Waals surface area contributed by atoms with Gasteiger partial charge in [0, 0.05) is 42.7 Å². The Labute approximate surface area is 319 Å². The lowest BCUT2D eigenvalue weighted by atomic mass is 10.0. The summed E-state index contributed by atoms with van der Waals surface area (Å²) in [6.45, 7) is 2.99. The van der Waals surface area contributed by atoms with Crippen LogP contribution in [0.2, 0.25) is 0 Å². The lowest BCUT2D eigenvalue weighted by Gasteiger charge is -2.30. The van der Waals surface area contributed by atoms with Crippen LogP contribution in [0.15, 0.2) is 54.6 Å². The summed E-state index contributed by atoms with van der Waals surface area (Å²) in [5.74, 6) is -3.08. The minimum absolute atomic E-state index is 0.0121. The number of fused-ring (bicyclic) bond motifs is 3. The largest absolute Gasteiger partial charge is 0.444 e. The van der Waals surface area contributed by atoms with Crippen LogP contribution >= 0.6 is 0 Å². The number of allylic oxidation sites excluding steroid dienone is 1. The summed E-state index contributed by atoms with van der Waals surface area (Å²) in [6, 6.07) is 9.58. The molecule has 3 aliphatic heterocycles. The third kappa shape index (κ3) is 8.05. The SMILES string of the molecule is CC(=O)Nc1cccc(N[C@H]2CCCCC/C=C\[C@@H]3C[C@@]3(C(=O)NS(=O)(=O)C3(C)CC3)NC(=O)[C@@H]3C[C@@H](OC(=O)N4Cc5cccc(F)c5C4)CN3C2=O)c1. The van der Waals surface area contributed by atoms with E-state index in [0.29, 0.717) is 54.6 Å². The van der Waals surface area contributed by atoms with Gasteiger partial charge in [0.2, 0.25) is 27.7 Å². The number of nitrogens with zero attached hydrogens (tertiary/aromatic N) is 2. The first-order valence-corrected chi connectivity index (χ1v) is 20.4. The van der Waals surface area contributed by atoms with E-state index in [1.165, 1.54) is 22.8 Å². The maximum absolute atomic E-state index is 14.6. The molecule has 14 nitrogen and oxygen atoms in total. The summed E-state index contributed by atoms with van der Waals surface area (Å²) >= 11 is 0. The third-order valence-corrected chi connectivity index (χ3v) is 13.6. The molecule has 2 aromatic rings. The number of anilines is 2. The minimum Gasteiger partial charge on any atom is -0.444 e. The lowest BCUT2D eigenvalue weighted by molar-refractivity contribution is -0.140. The molecular weight excluding hydrogens is 732 g/mol. The van der Waals surface area contributed by atoms with E-state index >= 15 is 0 Å². The van der Waals surface area contributed by atoms with Crippen LogP contribution in [0.3, 0.4) is 0 Å². The van der Waals surface area contributed by atoms with Crippen molar-refractivity contribution in [1.82, 2.24) is 19.8 Å². The summed E-state index contributed by atoms with van der Waals surface area (Å²) in [7, 11) is -4.01. The first-order chi connectivity index (χ1) is 26.2. The van der Waals surface area contributed by atoms with Gasteiger partial charge in [0.1, 0.15) is 29.5 Å². The van der Waals surface area contributed by atoms with E-state index in [4.69, 9.17) is 4.74 Å². The van der Waals surface area contributed by atoms with E-state index in [9.17, 15) is 36.8 Å². The number of nitrogens with one attached hydrogen (secondary N) is 4. The van der Waals surface area contributed by atoms with Crippen LogP contribution in [-0.2, 0) is 47.0 Å². The second kappa shape index (κ2) is 14.9. The molecule has 0 bridgehead atoms. The predicted octanol–water partition coefficient (Wildman–Crippen LogP) is 4.08. The van der Waals surface area contributed by atoms with Gasteiger partial charge in [0.05, 0.1) is 17.8 Å². The lowest BCUT2D eigenvalue weighted by Crippen LogP contribution is -2.58. The van der Waals surface area contributed by atoms with Gasteiger partial charge in [-0.05, 0) is 75.3 Å². The predicted molar refractivity (Wildman–Crippen MR) is 200 cm³/mol. The van der Waals surface area contributed by atoms with Crippen LogP contribution in [0.4, 0.5) is 20.6 Å². The van der Waals surface area contributed by atoms with Crippen molar-refractivity contribution in [3.8, 4) is 0 Å². The van der Waals surface area contributed by atoms with Gasteiger partial charge in [-0.15, -0.1) is 0 Å². The van der Waals surface area contributed by atoms with Gasteiger partial charge in [-0.2, -0.15) is 0 Å². The Morgan fingerprint density at radius 2 is 1.78 bits per heavy atom. The molecule has 0 unspecified atom stereocenters. The van der Waals surface area contributed by atoms with Gasteiger partial charge in [0.15, 0.2) is 0 Å². The van der Waals surface area contributed by atoms with Crippen molar-refractivity contribution in [3.05, 3.63) is 71.6 Å². The molecule has 5 aliphatic rings. The quantitative estimate of drug-likeness (QED) is 0.301. The Morgan fingerprint density at radius 1 is 1.02 bits per heavy atom. The number of carbonyl (C=O) groups is 5. The third-order valence-electron chi connectivity index (χ3n) is 11.5. The van der Waals surface area contributed by atoms with Gasteiger partial charge in [-0.3, -0.25) is 28.8 Å². The highest BCUT2D eigenvalue weighted by atomic mass is 32.2. The molecule has 2 aromatic carbocycles. The van der Waals surface area contributed by atoms with E-state index in [1.54, 1.807) is 43.3 Å². The van der Waals surface area contributed by atoms with Crippen molar-refractivity contribution in [3.63, 3.8) is 0 Å². The molecule has 16 heteroatoms. The van der Waals surface area contributed by atoms with E-state index < -0.39 is 74.0 Å². The van der Waals surface area contributed by atoms with Gasteiger partial charge in [0.25, 0.3) is 5.91 Å². The maximum atomic E-state index is 14.6. The van der Waals surface area contributed by atoms with Crippen LogP contribution < -0.4 is 20.7 Å². The molecule has 5 atom stereocenters. The molecule has 4 N–H and O–H groups in total. The highest BCUT2D eigenvalue weighted by Gasteiger charge is 2.63. The molecule has 3 fully saturated rings. The fraction of sp³-hybridized carbons (Fsp3) is 0.513. The van der Waals surface area contributed by atoms with E-state index in [2.05, 4.69) is 20.7 Å². The second-order valence-corrected chi connectivity index (χ2v) is 17.9. The van der Waals surface area contributed by atoms with Crippen molar-refractivity contribution in [1.29, 1.82) is 0 Å². The number of carbonyl (C=O) groups excluding carboxylic acids is 5. The number of hydrogen-bond donors (Lipinski definition) is 4. The molecule has 0 spiro atoms. The normalized spacial score (nSPS) is 27.9. The number of amides is 5. The number of halogens is 1. The van der Waals surface area contributed by atoms with Crippen LogP contribution in [0.5, 0.6) is 0 Å². The monoisotopic (exact) mass is 778 g/mol. The molecule has 0 radical (unpaired) electrons. The number of sulfonamides is 1. The summed E-state index contributed by atoms with van der Waals surface area (Å²) < 4.78 is 47.8. The number of benzene rings is 2. The molecule has 1 saturated heterocycles. The van der Waals surface area contributed by atoms with Crippen LogP contribution in [-0.4, -0.2) is 83.0 Å². The highest BCUT2D eigenvalue weighted by Crippen LogP contribution is 2.47. The Morgan fingerprint density at radius 3 is 2.53 bits per heavy atom. The van der Waals surface area contributed by atoms with Crippen molar-refractivity contribution < 1.29 is 41.5 Å². The van der Waals surface area contributed by atoms with E-state index in [0.717, 1.165) is 12.8 Å². The Balaban J connectivity index is 1.16. The van der Waals surface area contributed by atoms with Crippen LogP contribution in [0, 0.1) is 11.7 Å². The molecule has 55 heavy (non-hydrogen) atoms. The molecule has 2 aliphatic carbocycles. The van der Waals surface area contributed by atoms with Gasteiger partial charge >= 0.3 is 6.09 Å². The van der Waals surface area contributed by atoms with Crippen molar-refractivity contribution in [2.45, 2.75) is 113 Å². The fourth-order valence-corrected chi connectivity index (χ4v) is 9.08. The minimum atomic E-state index is -4.01. The van der Waals surface area contributed by atoms with Gasteiger partial charge in [-0.1, -0.05) is 43.2 Å². The summed E-state index contributed by atoms with van der Waals surface area (Å²) in [5, 5.41) is 8.88. The van der Waals surface area contributed by atoms with Crippen molar-refractivity contribution in [2.24, 2.45) is 5.92 Å². The Kier molecular flexibility index (Phi) is 10.4. The molecule has 3 heterocycles. The maximum Gasteiger partial charge on any atom is 0.410 e. The van der Waals surface area contributed by atoms with Crippen molar-refractivity contribution in [2.75, 3.05) is 17.2 Å². The zero-order valence-electron chi connectivity index (χ0n) is 30.9. The van der Waals surface area contributed by atoms with Crippen LogP contribution in [0.25, 0.3) is 0 Å².